The van der Waals surface area contributed by atoms with Gasteiger partial charge < -0.3 is 19.9 Å². The summed E-state index contributed by atoms with van der Waals surface area (Å²) in [5.41, 5.74) is 0. The highest BCUT2D eigenvalue weighted by atomic mass is 16.7. The number of rotatable bonds is 4. The Hall–Kier alpha value is -1.79. The summed E-state index contributed by atoms with van der Waals surface area (Å²) >= 11 is 0. The van der Waals surface area contributed by atoms with E-state index in [1.807, 2.05) is 0 Å². The number of amides is 1. The minimum atomic E-state index is -1.22. The average Bonchev–Trinajstić information content (AvgIpc) is 2.34. The van der Waals surface area contributed by atoms with Gasteiger partial charge in [0.05, 0.1) is 0 Å². The lowest BCUT2D eigenvalue weighted by atomic mass is 9.89. The van der Waals surface area contributed by atoms with Crippen LogP contribution in [0.1, 0.15) is 59.8 Å². The molecule has 22 heavy (non-hydrogen) atoms. The van der Waals surface area contributed by atoms with Gasteiger partial charge in [0, 0.05) is 34.2 Å². The van der Waals surface area contributed by atoms with E-state index in [1.165, 1.54) is 40.0 Å². The quantitative estimate of drug-likeness (QED) is 0.610. The Bertz CT molecular complexity index is 370. The highest BCUT2D eigenvalue weighted by Gasteiger charge is 2.26. The topological polar surface area (TPSA) is 102 Å². The largest absolute Gasteiger partial charge is 0.481 e. The summed E-state index contributed by atoms with van der Waals surface area (Å²) in [6.07, 6.45) is 5.55. The Kier molecular flexibility index (Phi) is 9.21. The van der Waals surface area contributed by atoms with Gasteiger partial charge in [0.25, 0.3) is 11.8 Å². The van der Waals surface area contributed by atoms with Crippen LogP contribution in [0.15, 0.2) is 0 Å². The van der Waals surface area contributed by atoms with E-state index in [0.717, 1.165) is 19.8 Å². The van der Waals surface area contributed by atoms with Crippen molar-refractivity contribution >= 4 is 18.0 Å². The standard InChI is InChI=1S/C13H23NO4.C2H4O2/c1-10(15)17-13(2,3)18-12(16)14-9-11-7-5-4-6-8-11;1-2(3)4/h11H,4-9H2,1-3H3,(H,14,16);1H3,(H,3,4). The molecule has 0 aromatic heterocycles. The van der Waals surface area contributed by atoms with Crippen LogP contribution in [0.2, 0.25) is 0 Å². The molecule has 0 heterocycles. The van der Waals surface area contributed by atoms with Gasteiger partial charge in [-0.15, -0.1) is 0 Å². The maximum absolute atomic E-state index is 11.6. The van der Waals surface area contributed by atoms with Crippen molar-refractivity contribution in [3.8, 4) is 0 Å². The zero-order valence-electron chi connectivity index (χ0n) is 13.8. The van der Waals surface area contributed by atoms with Crippen LogP contribution < -0.4 is 5.32 Å². The summed E-state index contributed by atoms with van der Waals surface area (Å²) < 4.78 is 9.92. The highest BCUT2D eigenvalue weighted by Crippen LogP contribution is 2.22. The van der Waals surface area contributed by atoms with E-state index in [2.05, 4.69) is 5.32 Å². The fourth-order valence-corrected chi connectivity index (χ4v) is 2.25. The van der Waals surface area contributed by atoms with Gasteiger partial charge in [-0.05, 0) is 18.8 Å². The molecule has 1 aliphatic rings. The van der Waals surface area contributed by atoms with E-state index in [0.29, 0.717) is 12.5 Å². The molecule has 0 aromatic carbocycles. The van der Waals surface area contributed by atoms with Crippen molar-refractivity contribution in [2.24, 2.45) is 5.92 Å². The van der Waals surface area contributed by atoms with Crippen molar-refractivity contribution < 1.29 is 29.0 Å². The van der Waals surface area contributed by atoms with E-state index in [-0.39, 0.29) is 0 Å². The van der Waals surface area contributed by atoms with Crippen LogP contribution >= 0.6 is 0 Å². The first-order chi connectivity index (χ1) is 10.1. The Morgan fingerprint density at radius 3 is 2.05 bits per heavy atom. The molecule has 7 heteroatoms. The number of hydrogen-bond donors (Lipinski definition) is 2. The van der Waals surface area contributed by atoms with Gasteiger partial charge in [0.2, 0.25) is 0 Å². The Morgan fingerprint density at radius 1 is 1.09 bits per heavy atom. The molecular weight excluding hydrogens is 290 g/mol. The van der Waals surface area contributed by atoms with E-state index >= 15 is 0 Å². The van der Waals surface area contributed by atoms with Crippen LogP contribution in [0, 0.1) is 5.92 Å². The normalized spacial score (nSPS) is 15.1. The number of carbonyl (C=O) groups is 3. The van der Waals surface area contributed by atoms with Crippen molar-refractivity contribution in [1.82, 2.24) is 5.32 Å². The Balaban J connectivity index is 0.000000980. The lowest BCUT2D eigenvalue weighted by molar-refractivity contribution is -0.192. The molecule has 0 radical (unpaired) electrons. The van der Waals surface area contributed by atoms with Crippen LogP contribution in [0.5, 0.6) is 0 Å². The van der Waals surface area contributed by atoms with E-state index < -0.39 is 23.8 Å². The highest BCUT2D eigenvalue weighted by molar-refractivity contribution is 5.69. The molecule has 128 valence electrons. The first-order valence-corrected chi connectivity index (χ1v) is 7.48. The number of alkyl carbamates (subject to hydrolysis) is 1. The third-order valence-electron chi connectivity index (χ3n) is 2.99. The molecule has 0 saturated heterocycles. The predicted octanol–water partition coefficient (Wildman–Crippen LogP) is 2.68. The molecule has 0 atom stereocenters. The second-order valence-corrected chi connectivity index (χ2v) is 5.79. The van der Waals surface area contributed by atoms with Crippen LogP contribution in [0.4, 0.5) is 4.79 Å². The lowest BCUT2D eigenvalue weighted by Crippen LogP contribution is -2.39. The van der Waals surface area contributed by atoms with Gasteiger partial charge >= 0.3 is 12.1 Å². The molecule has 1 fully saturated rings. The molecule has 0 aromatic rings. The average molecular weight is 317 g/mol. The molecule has 1 amide bonds. The molecule has 1 aliphatic carbocycles. The SMILES string of the molecule is CC(=O)O.CC(=O)OC(C)(C)OC(=O)NCC1CCCCC1. The molecule has 0 unspecified atom stereocenters. The number of carboxylic acid groups (broad SMARTS) is 1. The lowest BCUT2D eigenvalue weighted by Gasteiger charge is -2.26. The number of ether oxygens (including phenoxy) is 2. The number of hydrogen-bond acceptors (Lipinski definition) is 5. The Morgan fingerprint density at radius 2 is 1.59 bits per heavy atom. The fourth-order valence-electron chi connectivity index (χ4n) is 2.25. The molecule has 0 aliphatic heterocycles. The summed E-state index contributed by atoms with van der Waals surface area (Å²) in [5, 5.41) is 10.1. The minimum absolute atomic E-state index is 0.472. The summed E-state index contributed by atoms with van der Waals surface area (Å²) in [7, 11) is 0. The molecule has 1 saturated carbocycles. The predicted molar refractivity (Wildman–Crippen MR) is 80.2 cm³/mol. The maximum Gasteiger partial charge on any atom is 0.410 e. The second kappa shape index (κ2) is 10.0. The fraction of sp³-hybridized carbons (Fsp3) is 0.800. The maximum atomic E-state index is 11.6. The third kappa shape index (κ3) is 12.0. The smallest absolute Gasteiger partial charge is 0.410 e. The van der Waals surface area contributed by atoms with Crippen molar-refractivity contribution in [2.75, 3.05) is 6.54 Å². The zero-order chi connectivity index (χ0) is 17.2. The van der Waals surface area contributed by atoms with Gasteiger partial charge in [-0.25, -0.2) is 4.79 Å². The van der Waals surface area contributed by atoms with Crippen LogP contribution in [0.3, 0.4) is 0 Å². The summed E-state index contributed by atoms with van der Waals surface area (Å²) in [5.74, 6) is -1.98. The van der Waals surface area contributed by atoms with Gasteiger partial charge in [-0.2, -0.15) is 0 Å². The van der Waals surface area contributed by atoms with Gasteiger partial charge in [0.1, 0.15) is 0 Å². The summed E-state index contributed by atoms with van der Waals surface area (Å²) in [6.45, 7) is 6.07. The van der Waals surface area contributed by atoms with Gasteiger partial charge in [-0.1, -0.05) is 19.3 Å². The molecule has 0 bridgehead atoms. The summed E-state index contributed by atoms with van der Waals surface area (Å²) in [6, 6.07) is 0. The minimum Gasteiger partial charge on any atom is -0.481 e. The molecule has 0 spiro atoms. The van der Waals surface area contributed by atoms with E-state index in [9.17, 15) is 9.59 Å². The van der Waals surface area contributed by atoms with E-state index in [1.54, 1.807) is 0 Å². The Labute approximate surface area is 131 Å². The van der Waals surface area contributed by atoms with Crippen LogP contribution in [-0.4, -0.2) is 35.5 Å². The second-order valence-electron chi connectivity index (χ2n) is 5.79. The first kappa shape index (κ1) is 20.2. The number of carboxylic acids is 1. The third-order valence-corrected chi connectivity index (χ3v) is 2.99. The van der Waals surface area contributed by atoms with Crippen molar-refractivity contribution in [3.05, 3.63) is 0 Å². The van der Waals surface area contributed by atoms with Gasteiger partial charge in [0.15, 0.2) is 0 Å². The van der Waals surface area contributed by atoms with Crippen LogP contribution in [-0.2, 0) is 19.1 Å². The van der Waals surface area contributed by atoms with Crippen molar-refractivity contribution in [3.63, 3.8) is 0 Å². The zero-order valence-corrected chi connectivity index (χ0v) is 13.8. The van der Waals surface area contributed by atoms with Crippen molar-refractivity contribution in [1.29, 1.82) is 0 Å². The van der Waals surface area contributed by atoms with Crippen molar-refractivity contribution in [2.45, 2.75) is 65.6 Å². The molecule has 2 N–H and O–H groups in total. The first-order valence-electron chi connectivity index (χ1n) is 7.48. The number of carbonyl (C=O) groups excluding carboxylic acids is 2. The number of aliphatic carboxylic acids is 1. The van der Waals surface area contributed by atoms with E-state index in [4.69, 9.17) is 19.4 Å². The van der Waals surface area contributed by atoms with Gasteiger partial charge in [-0.3, -0.25) is 9.59 Å². The number of nitrogens with one attached hydrogen (secondary N) is 1. The monoisotopic (exact) mass is 317 g/mol. The molecule has 7 nitrogen and oxygen atoms in total. The molecular formula is C15H27NO6. The number of esters is 1. The summed E-state index contributed by atoms with van der Waals surface area (Å²) in [4.78, 5) is 31.4. The molecule has 1 rings (SSSR count). The van der Waals surface area contributed by atoms with Crippen LogP contribution in [0.25, 0.3) is 0 Å².